The van der Waals surface area contributed by atoms with Gasteiger partial charge in [-0.1, -0.05) is 167 Å². The first kappa shape index (κ1) is 50.2. The molecular formula is C42H85N2O6P. The zero-order valence-corrected chi connectivity index (χ0v) is 35.2. The number of phosphoric ester groups is 1. The summed E-state index contributed by atoms with van der Waals surface area (Å²) in [4.78, 5) is 25.2. The molecule has 0 aromatic carbocycles. The molecule has 0 aromatic heterocycles. The Labute approximate surface area is 316 Å². The van der Waals surface area contributed by atoms with Gasteiger partial charge in [-0.25, -0.2) is 0 Å². The Hall–Kier alpha value is -0.760. The maximum atomic E-state index is 12.8. The van der Waals surface area contributed by atoms with E-state index in [-0.39, 0.29) is 19.1 Å². The van der Waals surface area contributed by atoms with Gasteiger partial charge in [-0.05, 0) is 38.5 Å². The molecule has 3 atom stereocenters. The lowest BCUT2D eigenvalue weighted by molar-refractivity contribution is -0.870. The highest BCUT2D eigenvalue weighted by Crippen LogP contribution is 2.38. The largest absolute Gasteiger partial charge is 0.756 e. The molecule has 0 heterocycles. The molecule has 0 aliphatic carbocycles. The normalized spacial score (nSPS) is 14.6. The summed E-state index contributed by atoms with van der Waals surface area (Å²) in [5.41, 5.74) is 0. The van der Waals surface area contributed by atoms with Crippen LogP contribution in [0.2, 0.25) is 0 Å². The van der Waals surface area contributed by atoms with E-state index in [0.717, 1.165) is 38.5 Å². The number of hydrogen-bond acceptors (Lipinski definition) is 6. The molecule has 8 nitrogen and oxygen atoms in total. The average Bonchev–Trinajstić information content (AvgIpc) is 3.07. The van der Waals surface area contributed by atoms with E-state index in [9.17, 15) is 19.4 Å². The zero-order valence-electron chi connectivity index (χ0n) is 34.3. The Kier molecular flexibility index (Phi) is 34.5. The van der Waals surface area contributed by atoms with Crippen molar-refractivity contribution in [2.24, 2.45) is 0 Å². The number of aliphatic hydroxyl groups is 1. The minimum atomic E-state index is -4.55. The summed E-state index contributed by atoms with van der Waals surface area (Å²) in [7, 11) is 1.30. The predicted molar refractivity (Wildman–Crippen MR) is 215 cm³/mol. The highest BCUT2D eigenvalue weighted by Gasteiger charge is 2.24. The van der Waals surface area contributed by atoms with Crippen molar-refractivity contribution in [3.05, 3.63) is 12.2 Å². The van der Waals surface area contributed by atoms with Crippen molar-refractivity contribution in [3.8, 4) is 0 Å². The quantitative estimate of drug-likeness (QED) is 0.0281. The van der Waals surface area contributed by atoms with Crippen LogP contribution in [0.15, 0.2) is 12.2 Å². The molecule has 0 aromatic rings. The third-order valence-electron chi connectivity index (χ3n) is 9.75. The monoisotopic (exact) mass is 745 g/mol. The van der Waals surface area contributed by atoms with Crippen LogP contribution in [-0.4, -0.2) is 68.5 Å². The molecule has 1 amide bonds. The number of rotatable bonds is 39. The number of hydrogen-bond donors (Lipinski definition) is 2. The van der Waals surface area contributed by atoms with E-state index in [2.05, 4.69) is 31.3 Å². The van der Waals surface area contributed by atoms with Gasteiger partial charge in [-0.15, -0.1) is 0 Å². The molecule has 304 valence electrons. The van der Waals surface area contributed by atoms with Gasteiger partial charge in [-0.2, -0.15) is 0 Å². The Morgan fingerprint density at radius 2 is 1.08 bits per heavy atom. The lowest BCUT2D eigenvalue weighted by atomic mass is 10.0. The van der Waals surface area contributed by atoms with E-state index in [1.807, 2.05) is 21.1 Å². The van der Waals surface area contributed by atoms with Gasteiger partial charge in [0.25, 0.3) is 7.82 Å². The summed E-state index contributed by atoms with van der Waals surface area (Å²) in [6, 6.07) is -0.795. The number of carbonyl (C=O) groups is 1. The van der Waals surface area contributed by atoms with Gasteiger partial charge < -0.3 is 28.8 Å². The molecule has 9 heteroatoms. The first-order valence-corrected chi connectivity index (χ1v) is 23.0. The van der Waals surface area contributed by atoms with Crippen molar-refractivity contribution >= 4 is 13.7 Å². The second kappa shape index (κ2) is 35.0. The summed E-state index contributed by atoms with van der Waals surface area (Å²) < 4.78 is 23.1. The standard InChI is InChI=1S/C42H85N2O6P/c1-6-8-10-12-14-16-17-18-19-20-21-22-23-24-25-26-27-28-30-32-34-36-42(46)43-40(39-50-51(47,48)49-38-37-44(3,4)5)41(45)35-33-31-29-15-13-11-9-7-2/h20-21,40-41,45H,6-19,22-39H2,1-5H3,(H-,43,46,47,48)/b21-20-. The second-order valence-corrected chi connectivity index (χ2v) is 17.5. The fraction of sp³-hybridized carbons (Fsp3) is 0.929. The zero-order chi connectivity index (χ0) is 37.9. The van der Waals surface area contributed by atoms with Gasteiger partial charge in [-0.3, -0.25) is 9.36 Å². The van der Waals surface area contributed by atoms with Gasteiger partial charge >= 0.3 is 0 Å². The summed E-state index contributed by atoms with van der Waals surface area (Å²) in [6.07, 6.45) is 38.0. The summed E-state index contributed by atoms with van der Waals surface area (Å²) >= 11 is 0. The number of quaternary nitrogens is 1. The van der Waals surface area contributed by atoms with Crippen LogP contribution in [-0.2, 0) is 18.4 Å². The summed E-state index contributed by atoms with van der Waals surface area (Å²) in [5, 5.41) is 13.8. The molecule has 0 aliphatic heterocycles. The molecule has 0 saturated heterocycles. The van der Waals surface area contributed by atoms with E-state index in [1.165, 1.54) is 135 Å². The molecule has 0 spiro atoms. The van der Waals surface area contributed by atoms with Crippen LogP contribution in [0.4, 0.5) is 0 Å². The van der Waals surface area contributed by atoms with E-state index in [0.29, 0.717) is 23.9 Å². The molecule has 0 aliphatic rings. The maximum Gasteiger partial charge on any atom is 0.268 e. The minimum Gasteiger partial charge on any atom is -0.756 e. The van der Waals surface area contributed by atoms with Crippen LogP contribution in [0, 0.1) is 0 Å². The first-order chi connectivity index (χ1) is 24.5. The van der Waals surface area contributed by atoms with Crippen molar-refractivity contribution in [2.75, 3.05) is 40.9 Å². The fourth-order valence-corrected chi connectivity index (χ4v) is 6.99. The predicted octanol–water partition coefficient (Wildman–Crippen LogP) is 10.9. The Bertz CT molecular complexity index is 850. The van der Waals surface area contributed by atoms with Crippen molar-refractivity contribution < 1.29 is 32.9 Å². The number of allylic oxidation sites excluding steroid dienone is 2. The second-order valence-electron chi connectivity index (χ2n) is 16.1. The number of nitrogens with zero attached hydrogens (tertiary/aromatic N) is 1. The van der Waals surface area contributed by atoms with Crippen LogP contribution in [0.1, 0.15) is 200 Å². The molecule has 0 radical (unpaired) electrons. The van der Waals surface area contributed by atoms with E-state index in [4.69, 9.17) is 9.05 Å². The highest BCUT2D eigenvalue weighted by atomic mass is 31.2. The van der Waals surface area contributed by atoms with E-state index in [1.54, 1.807) is 0 Å². The molecule has 0 bridgehead atoms. The Morgan fingerprint density at radius 3 is 1.53 bits per heavy atom. The van der Waals surface area contributed by atoms with Crippen LogP contribution in [0.25, 0.3) is 0 Å². The topological polar surface area (TPSA) is 108 Å². The molecule has 0 saturated carbocycles. The third-order valence-corrected chi connectivity index (χ3v) is 10.7. The maximum absolute atomic E-state index is 12.8. The number of nitrogens with one attached hydrogen (secondary N) is 1. The number of likely N-dealkylation sites (N-methyl/N-ethyl adjacent to an activating group) is 1. The van der Waals surface area contributed by atoms with Gasteiger partial charge in [0.15, 0.2) is 0 Å². The number of carbonyl (C=O) groups excluding carboxylic acids is 1. The molecule has 51 heavy (non-hydrogen) atoms. The van der Waals surface area contributed by atoms with Crippen LogP contribution < -0.4 is 10.2 Å². The van der Waals surface area contributed by atoms with Crippen molar-refractivity contribution in [3.63, 3.8) is 0 Å². The van der Waals surface area contributed by atoms with Crippen LogP contribution in [0.3, 0.4) is 0 Å². The number of amides is 1. The minimum absolute atomic E-state index is 0.0131. The molecule has 0 fully saturated rings. The van der Waals surface area contributed by atoms with Gasteiger partial charge in [0.2, 0.25) is 5.91 Å². The first-order valence-electron chi connectivity index (χ1n) is 21.5. The average molecular weight is 745 g/mol. The summed E-state index contributed by atoms with van der Waals surface area (Å²) in [6.45, 7) is 4.68. The molecule has 3 unspecified atom stereocenters. The van der Waals surface area contributed by atoms with E-state index < -0.39 is 20.0 Å². The number of aliphatic hydroxyl groups excluding tert-OH is 1. The Balaban J connectivity index is 4.19. The van der Waals surface area contributed by atoms with E-state index >= 15 is 0 Å². The van der Waals surface area contributed by atoms with Gasteiger partial charge in [0, 0.05) is 6.42 Å². The van der Waals surface area contributed by atoms with Gasteiger partial charge in [0.1, 0.15) is 13.2 Å². The smallest absolute Gasteiger partial charge is 0.268 e. The molecular weight excluding hydrogens is 659 g/mol. The highest BCUT2D eigenvalue weighted by molar-refractivity contribution is 7.45. The SMILES string of the molecule is CCCCCCCCCC/C=C\CCCCCCCCCCCC(=O)NC(COP(=O)([O-])OCC[N+](C)(C)C)C(O)CCCCCCCCCC. The fourth-order valence-electron chi connectivity index (χ4n) is 6.27. The number of unbranched alkanes of at least 4 members (excludes halogenated alkanes) is 24. The Morgan fingerprint density at radius 1 is 0.667 bits per heavy atom. The van der Waals surface area contributed by atoms with Gasteiger partial charge in [0.05, 0.1) is 39.9 Å². The lowest BCUT2D eigenvalue weighted by Gasteiger charge is -2.30. The summed E-state index contributed by atoms with van der Waals surface area (Å²) in [5.74, 6) is -0.169. The van der Waals surface area contributed by atoms with Crippen molar-refractivity contribution in [1.82, 2.24) is 5.32 Å². The van der Waals surface area contributed by atoms with Crippen molar-refractivity contribution in [2.45, 2.75) is 212 Å². The van der Waals surface area contributed by atoms with Crippen molar-refractivity contribution in [1.29, 1.82) is 0 Å². The van der Waals surface area contributed by atoms with Crippen LogP contribution in [0.5, 0.6) is 0 Å². The molecule has 0 rings (SSSR count). The molecule has 2 N–H and O–H groups in total. The number of phosphoric acid groups is 1. The van der Waals surface area contributed by atoms with Crippen LogP contribution >= 0.6 is 7.82 Å². The third kappa shape index (κ3) is 37.4. The lowest BCUT2D eigenvalue weighted by Crippen LogP contribution is -2.46.